The number of likely N-dealkylation sites (tertiary alicyclic amines) is 2. The van der Waals surface area contributed by atoms with Gasteiger partial charge < -0.3 is 24.9 Å². The highest BCUT2D eigenvalue weighted by molar-refractivity contribution is 6.24. The van der Waals surface area contributed by atoms with Crippen LogP contribution in [0.2, 0.25) is 0 Å². The first kappa shape index (κ1) is 45.8. The van der Waals surface area contributed by atoms with Crippen molar-refractivity contribution in [2.24, 2.45) is 13.0 Å². The minimum Gasteiger partial charge on any atom is -0.341 e. The van der Waals surface area contributed by atoms with Crippen LogP contribution in [0.25, 0.3) is 11.1 Å². The predicted octanol–water partition coefficient (Wildman–Crippen LogP) is 6.73. The second kappa shape index (κ2) is 19.2. The number of amides is 6. The molecule has 6 aliphatic rings. The van der Waals surface area contributed by atoms with Crippen LogP contribution in [0.15, 0.2) is 54.9 Å². The topological polar surface area (TPSA) is 143 Å². The van der Waals surface area contributed by atoms with E-state index in [1.54, 1.807) is 43.3 Å². The Bertz CT molecular complexity index is 2630. The molecule has 10 rings (SSSR count). The Morgan fingerprint density at radius 2 is 1.60 bits per heavy atom. The van der Waals surface area contributed by atoms with E-state index >= 15 is 0 Å². The number of alkyl halides is 2. The average molecular weight is 930 g/mol. The lowest BCUT2D eigenvalue weighted by Gasteiger charge is -2.39. The number of hydrogen-bond acceptors (Lipinski definition) is 9. The number of rotatable bonds is 11. The molecule has 7 heterocycles. The van der Waals surface area contributed by atoms with Crippen LogP contribution in [-0.2, 0) is 42.4 Å². The molecule has 0 radical (unpaired) electrons. The first-order chi connectivity index (χ1) is 32.9. The highest BCUT2D eigenvalue weighted by atomic mass is 19.3. The Morgan fingerprint density at radius 3 is 2.31 bits per heavy atom. The molecule has 3 saturated heterocycles. The lowest BCUT2D eigenvalue weighted by molar-refractivity contribution is -0.136. The number of aromatic nitrogens is 2. The lowest BCUT2D eigenvalue weighted by Crippen LogP contribution is -2.54. The van der Waals surface area contributed by atoms with Gasteiger partial charge in [0.2, 0.25) is 11.8 Å². The van der Waals surface area contributed by atoms with Gasteiger partial charge >= 0.3 is 6.03 Å². The fourth-order valence-corrected chi connectivity index (χ4v) is 11.8. The number of imide groups is 2. The van der Waals surface area contributed by atoms with E-state index in [0.717, 1.165) is 124 Å². The number of anilines is 2. The van der Waals surface area contributed by atoms with E-state index < -0.39 is 30.2 Å². The maximum Gasteiger partial charge on any atom is 0.317 e. The maximum absolute atomic E-state index is 14.9. The summed E-state index contributed by atoms with van der Waals surface area (Å²) in [7, 11) is 3.45. The van der Waals surface area contributed by atoms with Gasteiger partial charge in [-0.2, -0.15) is 5.10 Å². The first-order valence-electron chi connectivity index (χ1n) is 24.6. The Kier molecular flexibility index (Phi) is 12.9. The van der Waals surface area contributed by atoms with Crippen LogP contribution >= 0.6 is 0 Å². The number of piperidine rings is 3. The van der Waals surface area contributed by atoms with Crippen LogP contribution < -0.4 is 15.5 Å². The number of halogens is 2. The van der Waals surface area contributed by atoms with Gasteiger partial charge in [0.1, 0.15) is 6.04 Å². The van der Waals surface area contributed by atoms with Crippen LogP contribution in [0.4, 0.5) is 25.0 Å². The Morgan fingerprint density at radius 1 is 0.838 bits per heavy atom. The number of nitrogens with one attached hydrogen (secondary N) is 2. The van der Waals surface area contributed by atoms with E-state index in [1.165, 1.54) is 11.1 Å². The third-order valence-electron chi connectivity index (χ3n) is 15.6. The van der Waals surface area contributed by atoms with Crippen molar-refractivity contribution in [3.05, 3.63) is 99.4 Å². The van der Waals surface area contributed by atoms with Crippen LogP contribution in [0.1, 0.15) is 118 Å². The standard InChI is InChI=1S/C52H61F2N9O5/c1-55-52(68)61-22-16-35-25-37(27-45(42(35)31-61)62-17-4-6-36-26-40(38-29-56-58(2)30-38)41(48(53)54)28-44(36)62)33-14-20-60(21-15-33)24-23-59-18-12-32(13-19-59)8-9-34-5-3-7-39-47(34)51(67)63(50(39)66)43-10-11-46(64)57-49(43)65/h3,5,7,25-30,32-33,43,48H,4,6,8-24,31H2,1-2H3,(H,55,68)(H,57,64,65). The van der Waals surface area contributed by atoms with Gasteiger partial charge in [-0.15, -0.1) is 0 Å². The van der Waals surface area contributed by atoms with Gasteiger partial charge in [-0.25, -0.2) is 13.6 Å². The van der Waals surface area contributed by atoms with E-state index in [9.17, 15) is 32.8 Å². The van der Waals surface area contributed by atoms with Gasteiger partial charge in [0.05, 0.1) is 17.3 Å². The normalized spacial score (nSPS) is 20.8. The number of urea groups is 1. The van der Waals surface area contributed by atoms with Crippen LogP contribution in [0.5, 0.6) is 0 Å². The summed E-state index contributed by atoms with van der Waals surface area (Å²) in [4.78, 5) is 74.5. The maximum atomic E-state index is 14.9. The molecule has 2 N–H and O–H groups in total. The molecule has 6 amide bonds. The summed E-state index contributed by atoms with van der Waals surface area (Å²) < 4.78 is 31.3. The summed E-state index contributed by atoms with van der Waals surface area (Å²) in [6.07, 6.45) is 9.26. The van der Waals surface area contributed by atoms with Crippen molar-refractivity contribution < 1.29 is 32.8 Å². The summed E-state index contributed by atoms with van der Waals surface area (Å²) >= 11 is 0. The number of nitrogens with zero attached hydrogens (tertiary/aromatic N) is 7. The van der Waals surface area contributed by atoms with Crippen molar-refractivity contribution in [2.45, 2.75) is 95.6 Å². The molecule has 0 spiro atoms. The van der Waals surface area contributed by atoms with E-state index in [2.05, 4.69) is 42.6 Å². The quantitative estimate of drug-likeness (QED) is 0.157. The Hall–Kier alpha value is -6.00. The average Bonchev–Trinajstić information content (AvgIpc) is 3.90. The van der Waals surface area contributed by atoms with Crippen molar-refractivity contribution in [3.63, 3.8) is 0 Å². The van der Waals surface area contributed by atoms with E-state index in [4.69, 9.17) is 0 Å². The SMILES string of the molecule is CNC(=O)N1CCc2cc(C3CCN(CCN4CCC(CCc5cccc6c5C(=O)N(C5CCC(=O)NC5=O)C6=O)CC4)CC3)cc(N3CCCc4cc(-c5cnn(C)c5)c(C(F)F)cc43)c2C1. The molecule has 0 saturated carbocycles. The third-order valence-corrected chi connectivity index (χ3v) is 15.6. The zero-order chi connectivity index (χ0) is 47.2. The highest BCUT2D eigenvalue weighted by Gasteiger charge is 2.45. The lowest BCUT2D eigenvalue weighted by atomic mass is 9.84. The van der Waals surface area contributed by atoms with Gasteiger partial charge in [-0.3, -0.25) is 34.1 Å². The zero-order valence-corrected chi connectivity index (χ0v) is 39.1. The second-order valence-electron chi connectivity index (χ2n) is 19.7. The van der Waals surface area contributed by atoms with Gasteiger partial charge in [0, 0.05) is 81.9 Å². The molecule has 4 aromatic rings. The molecule has 1 atom stereocenters. The molecule has 6 aliphatic heterocycles. The molecule has 3 aromatic carbocycles. The molecule has 0 aliphatic carbocycles. The third kappa shape index (κ3) is 8.92. The molecule has 1 unspecified atom stereocenters. The fraction of sp³-hybridized carbons (Fsp3) is 0.500. The molecule has 3 fully saturated rings. The van der Waals surface area contributed by atoms with Crippen molar-refractivity contribution in [1.82, 2.24) is 40.0 Å². The van der Waals surface area contributed by atoms with Crippen LogP contribution in [0, 0.1) is 5.92 Å². The molecule has 14 nitrogen and oxygen atoms in total. The first-order valence-corrected chi connectivity index (χ1v) is 24.6. The van der Waals surface area contributed by atoms with Gasteiger partial charge in [-0.1, -0.05) is 18.2 Å². The number of benzene rings is 3. The number of carbonyl (C=O) groups excluding carboxylic acids is 5. The monoisotopic (exact) mass is 929 g/mol. The minimum atomic E-state index is -2.65. The number of fused-ring (bicyclic) bond motifs is 3. The molecular weight excluding hydrogens is 869 g/mol. The van der Waals surface area contributed by atoms with E-state index in [-0.39, 0.29) is 30.3 Å². The van der Waals surface area contributed by atoms with E-state index in [1.807, 2.05) is 23.1 Å². The summed E-state index contributed by atoms with van der Waals surface area (Å²) in [6.45, 7) is 7.86. The minimum absolute atomic E-state index is 0.00410. The van der Waals surface area contributed by atoms with E-state index in [0.29, 0.717) is 60.1 Å². The molecule has 0 bridgehead atoms. The summed E-state index contributed by atoms with van der Waals surface area (Å²) in [5.74, 6) is -1.00. The largest absolute Gasteiger partial charge is 0.341 e. The van der Waals surface area contributed by atoms with Gasteiger partial charge in [0.15, 0.2) is 0 Å². The van der Waals surface area contributed by atoms with Crippen molar-refractivity contribution >= 4 is 41.0 Å². The number of aryl methyl sites for hydroxylation is 3. The number of carbonyl (C=O) groups is 5. The van der Waals surface area contributed by atoms with Crippen LogP contribution in [0.3, 0.4) is 0 Å². The summed E-state index contributed by atoms with van der Waals surface area (Å²) in [6, 6.07) is 12.6. The molecule has 68 heavy (non-hydrogen) atoms. The zero-order valence-electron chi connectivity index (χ0n) is 39.1. The summed E-state index contributed by atoms with van der Waals surface area (Å²) in [5, 5.41) is 9.33. The summed E-state index contributed by atoms with van der Waals surface area (Å²) in [5.41, 5.74) is 9.33. The molecule has 1 aromatic heterocycles. The Labute approximate surface area is 396 Å². The van der Waals surface area contributed by atoms with Crippen LogP contribution in [-0.4, -0.2) is 124 Å². The van der Waals surface area contributed by atoms with Gasteiger partial charge in [-0.05, 0) is 160 Å². The molecule has 358 valence electrons. The van der Waals surface area contributed by atoms with Gasteiger partial charge in [0.25, 0.3) is 18.2 Å². The predicted molar refractivity (Wildman–Crippen MR) is 253 cm³/mol. The fourth-order valence-electron chi connectivity index (χ4n) is 11.8. The second-order valence-corrected chi connectivity index (χ2v) is 19.7. The van der Waals surface area contributed by atoms with Crippen molar-refractivity contribution in [3.8, 4) is 11.1 Å². The highest BCUT2D eigenvalue weighted by Crippen LogP contribution is 2.45. The molecular formula is C52H61F2N9O5. The number of hydrogen-bond donors (Lipinski definition) is 2. The molecule has 16 heteroatoms. The van der Waals surface area contributed by atoms with Crippen molar-refractivity contribution in [1.29, 1.82) is 0 Å². The smallest absolute Gasteiger partial charge is 0.317 e. The Balaban J connectivity index is 0.763. The van der Waals surface area contributed by atoms with Crippen molar-refractivity contribution in [2.75, 3.05) is 64.3 Å².